The SMILES string of the molecule is CC(=O)c1cccc(Nc2cc(C(=O)NCCC(C)C)ccn2)c1. The fourth-order valence-corrected chi connectivity index (χ4v) is 2.18. The molecule has 2 aromatic rings. The van der Waals surface area contributed by atoms with E-state index >= 15 is 0 Å². The summed E-state index contributed by atoms with van der Waals surface area (Å²) < 4.78 is 0. The number of carbonyl (C=O) groups is 2. The lowest BCUT2D eigenvalue weighted by Crippen LogP contribution is -2.25. The van der Waals surface area contributed by atoms with Crippen LogP contribution in [-0.2, 0) is 0 Å². The van der Waals surface area contributed by atoms with E-state index < -0.39 is 0 Å². The fourth-order valence-electron chi connectivity index (χ4n) is 2.18. The number of pyridine rings is 1. The summed E-state index contributed by atoms with van der Waals surface area (Å²) in [5, 5.41) is 6.03. The van der Waals surface area contributed by atoms with E-state index in [1.54, 1.807) is 30.5 Å². The van der Waals surface area contributed by atoms with Crippen LogP contribution < -0.4 is 10.6 Å². The summed E-state index contributed by atoms with van der Waals surface area (Å²) >= 11 is 0. The zero-order valence-corrected chi connectivity index (χ0v) is 14.3. The first-order chi connectivity index (χ1) is 11.5. The number of aromatic nitrogens is 1. The topological polar surface area (TPSA) is 71.1 Å². The third kappa shape index (κ3) is 5.19. The standard InChI is InChI=1S/C19H23N3O2/c1-13(2)7-9-21-19(24)16-8-10-20-18(12-16)22-17-6-4-5-15(11-17)14(3)23/h4-6,8,10-13H,7,9H2,1-3H3,(H,20,22)(H,21,24). The second kappa shape index (κ2) is 8.24. The Kier molecular flexibility index (Phi) is 6.07. The highest BCUT2D eigenvalue weighted by molar-refractivity contribution is 5.96. The van der Waals surface area contributed by atoms with Crippen LogP contribution in [0.25, 0.3) is 0 Å². The normalized spacial score (nSPS) is 10.5. The van der Waals surface area contributed by atoms with Crippen LogP contribution in [0.3, 0.4) is 0 Å². The lowest BCUT2D eigenvalue weighted by molar-refractivity contribution is 0.0951. The lowest BCUT2D eigenvalue weighted by Gasteiger charge is -2.10. The summed E-state index contributed by atoms with van der Waals surface area (Å²) in [6.45, 7) is 6.42. The smallest absolute Gasteiger partial charge is 0.251 e. The van der Waals surface area contributed by atoms with Crippen LogP contribution in [0.1, 0.15) is 47.9 Å². The molecule has 1 heterocycles. The van der Waals surface area contributed by atoms with Gasteiger partial charge in [0.25, 0.3) is 5.91 Å². The molecule has 0 radical (unpaired) electrons. The molecule has 0 atom stereocenters. The van der Waals surface area contributed by atoms with E-state index in [9.17, 15) is 9.59 Å². The van der Waals surface area contributed by atoms with Gasteiger partial charge in [0.2, 0.25) is 0 Å². The molecular weight excluding hydrogens is 302 g/mol. The maximum Gasteiger partial charge on any atom is 0.251 e. The van der Waals surface area contributed by atoms with Crippen molar-refractivity contribution in [3.63, 3.8) is 0 Å². The van der Waals surface area contributed by atoms with Crippen molar-refractivity contribution in [2.24, 2.45) is 5.92 Å². The summed E-state index contributed by atoms with van der Waals surface area (Å²) in [4.78, 5) is 27.8. The van der Waals surface area contributed by atoms with Crippen LogP contribution in [-0.4, -0.2) is 23.2 Å². The molecule has 1 aromatic heterocycles. The first-order valence-corrected chi connectivity index (χ1v) is 8.08. The molecule has 126 valence electrons. The van der Waals surface area contributed by atoms with Crippen molar-refractivity contribution in [1.82, 2.24) is 10.3 Å². The van der Waals surface area contributed by atoms with Gasteiger partial charge in [-0.1, -0.05) is 26.0 Å². The molecular formula is C19H23N3O2. The minimum atomic E-state index is -0.112. The quantitative estimate of drug-likeness (QED) is 0.760. The van der Waals surface area contributed by atoms with Crippen LogP contribution >= 0.6 is 0 Å². The first-order valence-electron chi connectivity index (χ1n) is 8.08. The number of rotatable bonds is 7. The summed E-state index contributed by atoms with van der Waals surface area (Å²) in [5.74, 6) is 1.00. The Labute approximate surface area is 142 Å². The molecule has 24 heavy (non-hydrogen) atoms. The number of nitrogens with zero attached hydrogens (tertiary/aromatic N) is 1. The number of benzene rings is 1. The molecule has 0 aliphatic carbocycles. The molecule has 1 aromatic carbocycles. The van der Waals surface area contributed by atoms with Crippen molar-refractivity contribution >= 4 is 23.2 Å². The average molecular weight is 325 g/mol. The number of carbonyl (C=O) groups excluding carboxylic acids is 2. The highest BCUT2D eigenvalue weighted by Gasteiger charge is 2.08. The van der Waals surface area contributed by atoms with Crippen LogP contribution in [0.15, 0.2) is 42.6 Å². The van der Waals surface area contributed by atoms with E-state index in [2.05, 4.69) is 29.5 Å². The predicted molar refractivity (Wildman–Crippen MR) is 95.8 cm³/mol. The van der Waals surface area contributed by atoms with Gasteiger partial charge in [-0.3, -0.25) is 9.59 Å². The Morgan fingerprint density at radius 3 is 2.62 bits per heavy atom. The number of amides is 1. The first kappa shape index (κ1) is 17.7. The van der Waals surface area contributed by atoms with E-state index in [0.29, 0.717) is 29.4 Å². The van der Waals surface area contributed by atoms with Crippen molar-refractivity contribution in [3.8, 4) is 0 Å². The molecule has 0 aliphatic rings. The lowest BCUT2D eigenvalue weighted by atomic mass is 10.1. The Hall–Kier alpha value is -2.69. The number of Topliss-reactive ketones (excluding diaryl/α,β-unsaturated/α-hetero) is 1. The number of ketones is 1. The monoisotopic (exact) mass is 325 g/mol. The van der Waals surface area contributed by atoms with Crippen LogP contribution in [0, 0.1) is 5.92 Å². The Morgan fingerprint density at radius 2 is 1.92 bits per heavy atom. The number of hydrogen-bond acceptors (Lipinski definition) is 4. The van der Waals surface area contributed by atoms with Crippen molar-refractivity contribution in [1.29, 1.82) is 0 Å². The molecule has 0 saturated heterocycles. The van der Waals surface area contributed by atoms with Crippen LogP contribution in [0.4, 0.5) is 11.5 Å². The Balaban J connectivity index is 2.06. The molecule has 5 heteroatoms. The summed E-state index contributed by atoms with van der Waals surface area (Å²) in [6.07, 6.45) is 2.54. The molecule has 0 bridgehead atoms. The molecule has 0 saturated carbocycles. The zero-order valence-electron chi connectivity index (χ0n) is 14.3. The van der Waals surface area contributed by atoms with Gasteiger partial charge in [0.1, 0.15) is 5.82 Å². The van der Waals surface area contributed by atoms with E-state index in [0.717, 1.165) is 12.1 Å². The van der Waals surface area contributed by atoms with Gasteiger partial charge in [0.05, 0.1) is 0 Å². The van der Waals surface area contributed by atoms with Gasteiger partial charge < -0.3 is 10.6 Å². The van der Waals surface area contributed by atoms with Crippen molar-refractivity contribution in [2.75, 3.05) is 11.9 Å². The third-order valence-corrected chi connectivity index (χ3v) is 3.57. The zero-order chi connectivity index (χ0) is 17.5. The van der Waals surface area contributed by atoms with Gasteiger partial charge in [-0.2, -0.15) is 0 Å². The predicted octanol–water partition coefficient (Wildman–Crippen LogP) is 3.80. The maximum absolute atomic E-state index is 12.2. The summed E-state index contributed by atoms with van der Waals surface area (Å²) in [5.41, 5.74) is 1.94. The molecule has 0 aliphatic heterocycles. The fraction of sp³-hybridized carbons (Fsp3) is 0.316. The number of hydrogen-bond donors (Lipinski definition) is 2. The van der Waals surface area contributed by atoms with Gasteiger partial charge in [0, 0.05) is 29.6 Å². The van der Waals surface area contributed by atoms with Crippen LogP contribution in [0.2, 0.25) is 0 Å². The van der Waals surface area contributed by atoms with Gasteiger partial charge >= 0.3 is 0 Å². The van der Waals surface area contributed by atoms with Gasteiger partial charge in [-0.25, -0.2) is 4.98 Å². The molecule has 5 nitrogen and oxygen atoms in total. The van der Waals surface area contributed by atoms with Gasteiger partial charge in [0.15, 0.2) is 5.78 Å². The largest absolute Gasteiger partial charge is 0.352 e. The molecule has 0 unspecified atom stereocenters. The second-order valence-electron chi connectivity index (χ2n) is 6.13. The van der Waals surface area contributed by atoms with E-state index in [1.165, 1.54) is 6.92 Å². The minimum Gasteiger partial charge on any atom is -0.352 e. The molecule has 0 fully saturated rings. The van der Waals surface area contributed by atoms with Crippen LogP contribution in [0.5, 0.6) is 0 Å². The van der Waals surface area contributed by atoms with E-state index in [-0.39, 0.29) is 11.7 Å². The second-order valence-corrected chi connectivity index (χ2v) is 6.13. The Morgan fingerprint density at radius 1 is 1.12 bits per heavy atom. The molecule has 2 rings (SSSR count). The van der Waals surface area contributed by atoms with Gasteiger partial charge in [-0.15, -0.1) is 0 Å². The highest BCUT2D eigenvalue weighted by Crippen LogP contribution is 2.17. The third-order valence-electron chi connectivity index (χ3n) is 3.57. The molecule has 1 amide bonds. The summed E-state index contributed by atoms with van der Waals surface area (Å²) in [7, 11) is 0. The maximum atomic E-state index is 12.2. The number of anilines is 2. The highest BCUT2D eigenvalue weighted by atomic mass is 16.1. The van der Waals surface area contributed by atoms with E-state index in [4.69, 9.17) is 0 Å². The average Bonchev–Trinajstić information content (AvgIpc) is 2.55. The van der Waals surface area contributed by atoms with Gasteiger partial charge in [-0.05, 0) is 43.5 Å². The molecule has 0 spiro atoms. The van der Waals surface area contributed by atoms with Crippen molar-refractivity contribution in [3.05, 3.63) is 53.7 Å². The van der Waals surface area contributed by atoms with E-state index in [1.807, 2.05) is 12.1 Å². The van der Waals surface area contributed by atoms with Crippen molar-refractivity contribution in [2.45, 2.75) is 27.2 Å². The van der Waals surface area contributed by atoms with Crippen molar-refractivity contribution < 1.29 is 9.59 Å². The molecule has 2 N–H and O–H groups in total. The number of nitrogens with one attached hydrogen (secondary N) is 2. The summed E-state index contributed by atoms with van der Waals surface area (Å²) in [6, 6.07) is 10.6. The minimum absolute atomic E-state index is 0.00453. The Bertz CT molecular complexity index is 726.